The summed E-state index contributed by atoms with van der Waals surface area (Å²) in [6.07, 6.45) is -26.4. The molecule has 0 bridgehead atoms. The number of aliphatic hydroxyl groups is 12. The van der Waals surface area contributed by atoms with E-state index in [1.165, 1.54) is 12.5 Å². The van der Waals surface area contributed by atoms with Crippen LogP contribution in [0.5, 0.6) is 0 Å². The highest BCUT2D eigenvalue weighted by atomic mass is 16.8. The molecule has 27 nitrogen and oxygen atoms in total. The fraction of sp³-hybridized carbons (Fsp3) is 0.885. The minimum absolute atomic E-state index is 0.0754. The Kier molecular flexibility index (Phi) is 22.2. The Morgan fingerprint density at radius 3 is 1.80 bits per heavy atom. The summed E-state index contributed by atoms with van der Waals surface area (Å²) in [5.74, 6) is 0.0789. The molecule has 0 aromatic carbocycles. The van der Waals surface area contributed by atoms with Crippen molar-refractivity contribution in [3.63, 3.8) is 0 Å². The summed E-state index contributed by atoms with van der Waals surface area (Å²) in [7, 11) is 0. The second kappa shape index (κ2) is 28.0. The van der Waals surface area contributed by atoms with Crippen LogP contribution in [0.15, 0.2) is 22.8 Å². The van der Waals surface area contributed by atoms with Crippen molar-refractivity contribution in [2.75, 3.05) is 33.0 Å². The van der Waals surface area contributed by atoms with Crippen molar-refractivity contribution in [2.45, 2.75) is 267 Å². The van der Waals surface area contributed by atoms with E-state index in [9.17, 15) is 75.7 Å². The molecule has 0 aromatic heterocycles. The first-order valence-corrected chi connectivity index (χ1v) is 31.3. The number of aliphatic hydroxyl groups excluding tert-OH is 12. The van der Waals surface area contributed by atoms with E-state index in [0.29, 0.717) is 24.7 Å². The number of nitrogens with one attached hydrogen (secondary N) is 2. The van der Waals surface area contributed by atoms with Crippen LogP contribution in [0, 0.1) is 39.9 Å². The Hall–Kier alpha value is -2.79. The SMILES string of the molecule is CC(=O)N[C@H]1[C@H](O[C@@H]2CO[C@@H](O[C@H]3CC[C@]4(C)C5=C(CC[C@H]4C3(C)C)[C@@H]3CC[C@H]([C@H](C)CC(=O)C=C(C)C)[C@@]3(C)CC5)[C@H](O[C@@H]3O[C@H](CO[C@@H]4OC[C@@H](O)[C@H](O)[C@H]4O[C@@H]4O[C@H](CO)[C@@H](O)[C@H](O)[C@H]4O)[C@@H](O)[C@H](O)[C@H]3NC(C)=O)[C@H]2O)O[C@H](CO)[C@H](O)[C@@H]1O. The summed E-state index contributed by atoms with van der Waals surface area (Å²) in [6.45, 7) is 14.4. The lowest BCUT2D eigenvalue weighted by Crippen LogP contribution is -2.68. The zero-order chi connectivity index (χ0) is 64.2. The van der Waals surface area contributed by atoms with E-state index >= 15 is 0 Å². The average molecular weight is 1260 g/mol. The lowest BCUT2D eigenvalue weighted by Gasteiger charge is -2.61. The van der Waals surface area contributed by atoms with Gasteiger partial charge in [-0.2, -0.15) is 0 Å². The van der Waals surface area contributed by atoms with E-state index in [4.69, 9.17) is 47.4 Å². The van der Waals surface area contributed by atoms with Crippen LogP contribution in [0.1, 0.15) is 120 Å². The third kappa shape index (κ3) is 13.8. The Bertz CT molecular complexity index is 2480. The fourth-order valence-electron chi connectivity index (χ4n) is 16.7. The van der Waals surface area contributed by atoms with Gasteiger partial charge in [-0.05, 0) is 111 Å². The van der Waals surface area contributed by atoms with Crippen molar-refractivity contribution in [2.24, 2.45) is 39.9 Å². The maximum Gasteiger partial charge on any atom is 0.217 e. The largest absolute Gasteiger partial charge is 0.394 e. The number of ketones is 1. The molecule has 88 heavy (non-hydrogen) atoms. The molecule has 7 fully saturated rings. The quantitative estimate of drug-likeness (QED) is 0.0489. The third-order valence-electron chi connectivity index (χ3n) is 21.2. The molecule has 0 spiro atoms. The van der Waals surface area contributed by atoms with Gasteiger partial charge in [-0.15, -0.1) is 0 Å². The van der Waals surface area contributed by atoms with E-state index in [-0.39, 0.29) is 28.4 Å². The highest BCUT2D eigenvalue weighted by Crippen LogP contribution is 2.68. The van der Waals surface area contributed by atoms with Crippen LogP contribution in [0.25, 0.3) is 0 Å². The first kappa shape index (κ1) is 69.5. The second-order valence-corrected chi connectivity index (χ2v) is 27.7. The fourth-order valence-corrected chi connectivity index (χ4v) is 16.7. The number of fused-ring (bicyclic) bond motifs is 4. The molecule has 0 unspecified atom stereocenters. The molecular weight excluding hydrogens is 1160 g/mol. The van der Waals surface area contributed by atoms with E-state index in [1.54, 1.807) is 11.6 Å². The average Bonchev–Trinajstić information content (AvgIpc) is 1.19. The lowest BCUT2D eigenvalue weighted by atomic mass is 9.45. The van der Waals surface area contributed by atoms with Crippen LogP contribution in [-0.4, -0.2) is 259 Å². The number of amides is 2. The molecule has 9 rings (SSSR count). The normalized spacial score (nSPS) is 47.2. The van der Waals surface area contributed by atoms with Gasteiger partial charge in [0.15, 0.2) is 37.2 Å². The van der Waals surface area contributed by atoms with Crippen molar-refractivity contribution < 1.29 is 123 Å². The zero-order valence-electron chi connectivity index (χ0n) is 51.8. The summed E-state index contributed by atoms with van der Waals surface area (Å²) >= 11 is 0. The van der Waals surface area contributed by atoms with Crippen LogP contribution in [-0.2, 0) is 61.8 Å². The number of carbonyl (C=O) groups excluding carboxylic acids is 3. The van der Waals surface area contributed by atoms with E-state index in [0.717, 1.165) is 57.4 Å². The molecule has 30 atom stereocenters. The zero-order valence-corrected chi connectivity index (χ0v) is 51.8. The number of rotatable bonds is 19. The molecule has 502 valence electrons. The van der Waals surface area contributed by atoms with Gasteiger partial charge in [0.1, 0.15) is 110 Å². The number of allylic oxidation sites excluding steroid dienone is 4. The molecular formula is C61H98N2O25. The lowest BCUT2D eigenvalue weighted by molar-refractivity contribution is -0.375. The first-order chi connectivity index (χ1) is 41.4. The summed E-state index contributed by atoms with van der Waals surface area (Å²) in [4.78, 5) is 38.4. The Balaban J connectivity index is 0.974. The number of carbonyl (C=O) groups is 3. The van der Waals surface area contributed by atoms with E-state index in [1.807, 2.05) is 13.8 Å². The molecule has 27 heteroatoms. The summed E-state index contributed by atoms with van der Waals surface area (Å²) in [5.41, 5.74) is 3.46. The summed E-state index contributed by atoms with van der Waals surface area (Å²) in [5, 5.41) is 136. The van der Waals surface area contributed by atoms with Gasteiger partial charge in [0.05, 0.1) is 39.1 Å². The van der Waals surface area contributed by atoms with Gasteiger partial charge in [0.25, 0.3) is 0 Å². The maximum absolute atomic E-state index is 13.0. The summed E-state index contributed by atoms with van der Waals surface area (Å²) < 4.78 is 61.7. The van der Waals surface area contributed by atoms with Gasteiger partial charge in [-0.1, -0.05) is 51.3 Å². The predicted octanol–water partition coefficient (Wildman–Crippen LogP) is -2.05. The van der Waals surface area contributed by atoms with Crippen molar-refractivity contribution in [1.29, 1.82) is 0 Å². The maximum atomic E-state index is 13.0. The molecule has 14 N–H and O–H groups in total. The van der Waals surface area contributed by atoms with Gasteiger partial charge in [-0.25, -0.2) is 0 Å². The Morgan fingerprint density at radius 2 is 1.17 bits per heavy atom. The van der Waals surface area contributed by atoms with Crippen molar-refractivity contribution in [3.05, 3.63) is 22.8 Å². The molecule has 9 aliphatic rings. The third-order valence-corrected chi connectivity index (χ3v) is 21.2. The monoisotopic (exact) mass is 1260 g/mol. The van der Waals surface area contributed by atoms with Crippen molar-refractivity contribution >= 4 is 17.6 Å². The van der Waals surface area contributed by atoms with E-state index < -0.39 is 198 Å². The number of hydrogen-bond acceptors (Lipinski definition) is 25. The molecule has 5 aliphatic heterocycles. The van der Waals surface area contributed by atoms with Gasteiger partial charge in [-0.3, -0.25) is 14.4 Å². The van der Waals surface area contributed by atoms with Crippen LogP contribution in [0.3, 0.4) is 0 Å². The second-order valence-electron chi connectivity index (χ2n) is 27.7. The van der Waals surface area contributed by atoms with Gasteiger partial charge >= 0.3 is 0 Å². The molecule has 2 amide bonds. The highest BCUT2D eigenvalue weighted by Gasteiger charge is 2.62. The molecule has 5 heterocycles. The van der Waals surface area contributed by atoms with Crippen molar-refractivity contribution in [3.8, 4) is 0 Å². The minimum atomic E-state index is -1.93. The van der Waals surface area contributed by atoms with Crippen LogP contribution in [0.4, 0.5) is 0 Å². The standard InChI is InChI=1S/C61H98N2O25/c1-25(2)18-29(68)19-26(3)31-11-12-32-30-10-13-39-59(6,7)40(15-17-61(39,9)33(30)14-16-60(31,32)8)86-58-53(47(74)38(24-81-58)85-54-41(62-27(4)66)48(75)44(71)35(20-64)82-54)87-55-42(63-28(5)67)49(76)46(73)37(84-55)23-80-57-52(43(70)34(69)22-79-57)88-56-51(78)50(77)45(72)36(21-65)83-56/h18,26,31-32,34-58,64-65,69-78H,10-17,19-24H2,1-9H3,(H,62,66)(H,63,67)/t26-,31-,32+,34-,35-,36-,37-,38-,39+,40+,41-,42-,43+,44+,45-,46-,47+,48-,49-,50+,51-,52-,53-,54+,55+,56+,57+,58+,60-,61-/m1/s1. The predicted molar refractivity (Wildman–Crippen MR) is 303 cm³/mol. The van der Waals surface area contributed by atoms with Crippen molar-refractivity contribution in [1.82, 2.24) is 10.6 Å². The Morgan fingerprint density at radius 1 is 0.602 bits per heavy atom. The molecule has 0 radical (unpaired) electrons. The van der Waals surface area contributed by atoms with E-state index in [2.05, 4.69) is 45.3 Å². The topological polar surface area (TPSA) is 410 Å². The van der Waals surface area contributed by atoms with Crippen LogP contribution >= 0.6 is 0 Å². The molecule has 4 aliphatic carbocycles. The minimum Gasteiger partial charge on any atom is -0.394 e. The molecule has 0 aromatic rings. The number of hydrogen-bond donors (Lipinski definition) is 14. The van der Waals surface area contributed by atoms with Gasteiger partial charge in [0, 0.05) is 20.3 Å². The Labute approximate surface area is 512 Å². The van der Waals surface area contributed by atoms with Gasteiger partial charge < -0.3 is 119 Å². The first-order valence-electron chi connectivity index (χ1n) is 31.3. The van der Waals surface area contributed by atoms with Crippen LogP contribution < -0.4 is 10.6 Å². The van der Waals surface area contributed by atoms with Gasteiger partial charge in [0.2, 0.25) is 11.8 Å². The van der Waals surface area contributed by atoms with Crippen LogP contribution in [0.2, 0.25) is 0 Å². The number of ether oxygens (including phenoxy) is 10. The molecule has 2 saturated carbocycles. The smallest absolute Gasteiger partial charge is 0.217 e. The molecule has 5 saturated heterocycles. The summed E-state index contributed by atoms with van der Waals surface area (Å²) in [6, 6.07) is -3.00. The highest BCUT2D eigenvalue weighted by molar-refractivity contribution is 5.90.